The molecule has 0 unspecified atom stereocenters. The zero-order chi connectivity index (χ0) is 23.6. The van der Waals surface area contributed by atoms with Crippen LogP contribution in [0.25, 0.3) is 0 Å². The van der Waals surface area contributed by atoms with Crippen molar-refractivity contribution in [1.29, 1.82) is 0 Å². The second-order valence-corrected chi connectivity index (χ2v) is 11.3. The third-order valence-electron chi connectivity index (χ3n) is 6.45. The predicted octanol–water partition coefficient (Wildman–Crippen LogP) is 9.81. The molecule has 0 aliphatic heterocycles. The molecule has 0 saturated carbocycles. The fraction of sp³-hybridized carbons (Fsp3) is 0.929. The first-order valence-corrected chi connectivity index (χ1v) is 15.8. The van der Waals surface area contributed by atoms with E-state index in [2.05, 4.69) is 6.92 Å². The van der Waals surface area contributed by atoms with Crippen LogP contribution < -0.4 is 0 Å². The maximum Gasteiger partial charge on any atom is 0.268 e. The Bertz CT molecular complexity index is 485. The Labute approximate surface area is 202 Å². The van der Waals surface area contributed by atoms with E-state index in [1.807, 2.05) is 6.08 Å². The molecule has 0 heterocycles. The Hall–Kier alpha value is -0.350. The smallest absolute Gasteiger partial charge is 0.268 e. The molecule has 1 N–H and O–H groups in total. The van der Waals surface area contributed by atoms with Crippen molar-refractivity contribution in [3.63, 3.8) is 0 Å². The first-order chi connectivity index (χ1) is 15.6. The highest BCUT2D eigenvalue weighted by Gasteiger charge is 1.98. The summed E-state index contributed by atoms with van der Waals surface area (Å²) >= 11 is 0. The number of unbranched alkanes of at least 4 members (excludes halogenated alkanes) is 23. The quantitative estimate of drug-likeness (QED) is 0.0774. The molecule has 0 radical (unpaired) electrons. The molecular weight excluding hydrogens is 416 g/mol. The van der Waals surface area contributed by atoms with Gasteiger partial charge in [-0.25, -0.2) is 0 Å². The Balaban J connectivity index is 3.08. The normalized spacial score (nSPS) is 12.2. The van der Waals surface area contributed by atoms with Crippen LogP contribution in [0.2, 0.25) is 0 Å². The van der Waals surface area contributed by atoms with E-state index in [9.17, 15) is 8.42 Å². The van der Waals surface area contributed by atoms with Crippen molar-refractivity contribution in [1.82, 2.24) is 0 Å². The first-order valence-electron chi connectivity index (χ1n) is 14.2. The van der Waals surface area contributed by atoms with Gasteiger partial charge in [-0.2, -0.15) is 8.42 Å². The van der Waals surface area contributed by atoms with E-state index in [4.69, 9.17) is 4.55 Å². The predicted molar refractivity (Wildman–Crippen MR) is 142 cm³/mol. The molecule has 192 valence electrons. The molecule has 0 saturated heterocycles. The molecule has 0 rings (SSSR count). The number of hydrogen-bond donors (Lipinski definition) is 1. The van der Waals surface area contributed by atoms with Crippen molar-refractivity contribution in [2.45, 2.75) is 161 Å². The lowest BCUT2D eigenvalue weighted by Crippen LogP contribution is -1.99. The van der Waals surface area contributed by atoms with E-state index >= 15 is 0 Å². The molecule has 0 aromatic heterocycles. The van der Waals surface area contributed by atoms with Crippen molar-refractivity contribution in [3.05, 3.63) is 12.2 Å². The Morgan fingerprint density at radius 1 is 0.469 bits per heavy atom. The van der Waals surface area contributed by atoms with Gasteiger partial charge in [-0.3, -0.25) is 4.55 Å². The highest BCUT2D eigenvalue weighted by molar-refractivity contribution is 7.85. The van der Waals surface area contributed by atoms with Gasteiger partial charge in [0.05, 0.1) is 5.75 Å². The Morgan fingerprint density at radius 2 is 0.750 bits per heavy atom. The lowest BCUT2D eigenvalue weighted by atomic mass is 10.0. The highest BCUT2D eigenvalue weighted by atomic mass is 32.2. The van der Waals surface area contributed by atoms with Gasteiger partial charge in [-0.15, -0.1) is 0 Å². The van der Waals surface area contributed by atoms with Gasteiger partial charge in [0, 0.05) is 0 Å². The average molecular weight is 473 g/mol. The van der Waals surface area contributed by atoms with E-state index in [-0.39, 0.29) is 5.75 Å². The van der Waals surface area contributed by atoms with E-state index in [1.54, 1.807) is 6.08 Å². The lowest BCUT2D eigenvalue weighted by molar-refractivity contribution is 0.486. The molecule has 3 nitrogen and oxygen atoms in total. The molecule has 0 aliphatic rings. The molecule has 0 aromatic carbocycles. The minimum Gasteiger partial charge on any atom is -0.285 e. The molecule has 0 fully saturated rings. The van der Waals surface area contributed by atoms with Crippen molar-refractivity contribution < 1.29 is 13.0 Å². The van der Waals surface area contributed by atoms with E-state index in [0.29, 0.717) is 0 Å². The zero-order valence-corrected chi connectivity index (χ0v) is 22.3. The molecule has 0 amide bonds. The van der Waals surface area contributed by atoms with Gasteiger partial charge < -0.3 is 0 Å². The monoisotopic (exact) mass is 472 g/mol. The molecule has 0 atom stereocenters. The molecule has 32 heavy (non-hydrogen) atoms. The minimum atomic E-state index is -3.84. The fourth-order valence-electron chi connectivity index (χ4n) is 4.36. The van der Waals surface area contributed by atoms with Gasteiger partial charge in [-0.05, 0) is 12.8 Å². The molecule has 0 bridgehead atoms. The van der Waals surface area contributed by atoms with Crippen molar-refractivity contribution in [2.24, 2.45) is 0 Å². The molecule has 0 aliphatic carbocycles. The summed E-state index contributed by atoms with van der Waals surface area (Å²) in [6, 6.07) is 0. The van der Waals surface area contributed by atoms with Crippen molar-refractivity contribution >= 4 is 10.1 Å². The van der Waals surface area contributed by atoms with Gasteiger partial charge >= 0.3 is 0 Å². The van der Waals surface area contributed by atoms with Crippen molar-refractivity contribution in [3.8, 4) is 0 Å². The summed E-state index contributed by atoms with van der Waals surface area (Å²) < 4.78 is 29.8. The van der Waals surface area contributed by atoms with Gasteiger partial charge in [0.1, 0.15) is 0 Å². The molecule has 0 spiro atoms. The van der Waals surface area contributed by atoms with Gasteiger partial charge in [0.25, 0.3) is 10.1 Å². The van der Waals surface area contributed by atoms with Crippen LogP contribution in [-0.2, 0) is 10.1 Å². The maximum absolute atomic E-state index is 10.6. The summed E-state index contributed by atoms with van der Waals surface area (Å²) in [5.41, 5.74) is 0. The average Bonchev–Trinajstić information content (AvgIpc) is 2.75. The van der Waals surface area contributed by atoms with Crippen LogP contribution >= 0.6 is 0 Å². The summed E-state index contributed by atoms with van der Waals surface area (Å²) in [6.45, 7) is 2.29. The lowest BCUT2D eigenvalue weighted by Gasteiger charge is -2.04. The van der Waals surface area contributed by atoms with Crippen LogP contribution in [0.5, 0.6) is 0 Å². The molecular formula is C28H56O3S. The Morgan fingerprint density at radius 3 is 1.03 bits per heavy atom. The maximum atomic E-state index is 10.6. The Kier molecular flexibility index (Phi) is 25.0. The van der Waals surface area contributed by atoms with Gasteiger partial charge in [-0.1, -0.05) is 160 Å². The van der Waals surface area contributed by atoms with Crippen LogP contribution in [0.15, 0.2) is 12.2 Å². The van der Waals surface area contributed by atoms with Crippen LogP contribution in [0, 0.1) is 0 Å². The third kappa shape index (κ3) is 29.7. The number of hydrogen-bond acceptors (Lipinski definition) is 2. The summed E-state index contributed by atoms with van der Waals surface area (Å²) in [7, 11) is -3.84. The zero-order valence-electron chi connectivity index (χ0n) is 21.5. The van der Waals surface area contributed by atoms with Crippen molar-refractivity contribution in [2.75, 3.05) is 5.75 Å². The second kappa shape index (κ2) is 25.3. The van der Waals surface area contributed by atoms with Crippen LogP contribution in [-0.4, -0.2) is 18.7 Å². The minimum absolute atomic E-state index is 0.258. The van der Waals surface area contributed by atoms with Gasteiger partial charge in [0.15, 0.2) is 0 Å². The summed E-state index contributed by atoms with van der Waals surface area (Å²) in [5, 5.41) is 0. The SMILES string of the molecule is CCCCCCCCCCCCCCCCCCCCCCCCC/C=C/CS(=O)(=O)O. The highest BCUT2D eigenvalue weighted by Crippen LogP contribution is 2.15. The number of allylic oxidation sites excluding steroid dienone is 1. The fourth-order valence-corrected chi connectivity index (χ4v) is 4.73. The molecule has 4 heteroatoms. The van der Waals surface area contributed by atoms with Gasteiger partial charge in [0.2, 0.25) is 0 Å². The van der Waals surface area contributed by atoms with Crippen LogP contribution in [0.3, 0.4) is 0 Å². The summed E-state index contributed by atoms with van der Waals surface area (Å²) in [6.07, 6.45) is 36.5. The third-order valence-corrected chi connectivity index (χ3v) is 7.06. The van der Waals surface area contributed by atoms with Crippen LogP contribution in [0.1, 0.15) is 161 Å². The van der Waals surface area contributed by atoms with E-state index < -0.39 is 10.1 Å². The topological polar surface area (TPSA) is 54.4 Å². The standard InChI is InChI=1S/C28H56O3S/c1-2-3-4-5-6-7-8-9-10-11-12-13-14-15-16-17-18-19-20-21-22-23-24-25-26-27-28-32(29,30)31/h26-27H,2-25,28H2,1H3,(H,29,30,31)/b27-26+. The summed E-state index contributed by atoms with van der Waals surface area (Å²) in [4.78, 5) is 0. The molecule has 0 aromatic rings. The van der Waals surface area contributed by atoms with E-state index in [0.717, 1.165) is 12.8 Å². The summed E-state index contributed by atoms with van der Waals surface area (Å²) in [5.74, 6) is -0.258. The number of rotatable bonds is 26. The first kappa shape index (κ1) is 31.6. The van der Waals surface area contributed by atoms with E-state index in [1.165, 1.54) is 141 Å². The second-order valence-electron chi connectivity index (χ2n) is 9.79. The largest absolute Gasteiger partial charge is 0.285 e. The van der Waals surface area contributed by atoms with Crippen LogP contribution in [0.4, 0.5) is 0 Å².